The Labute approximate surface area is 83.9 Å². The second-order valence-electron chi connectivity index (χ2n) is 3.91. The van der Waals surface area contributed by atoms with E-state index in [4.69, 9.17) is 17.3 Å². The lowest BCUT2D eigenvalue weighted by Crippen LogP contribution is -2.36. The van der Waals surface area contributed by atoms with Crippen LogP contribution in [-0.2, 0) is 5.54 Å². The molecule has 1 rings (SSSR count). The van der Waals surface area contributed by atoms with E-state index in [1.54, 1.807) is 0 Å². The fourth-order valence-electron chi connectivity index (χ4n) is 1.30. The Morgan fingerprint density at radius 2 is 2.00 bits per heavy atom. The molecule has 0 radical (unpaired) electrons. The molecule has 0 aliphatic carbocycles. The molecule has 0 amide bonds. The Balaban J connectivity index is 3.23. The third-order valence-corrected chi connectivity index (χ3v) is 2.82. The summed E-state index contributed by atoms with van der Waals surface area (Å²) in [6.45, 7) is 8.50. The molecular formula is C9H16ClN3. The second-order valence-corrected chi connectivity index (χ2v) is 4.29. The maximum atomic E-state index is 6.04. The van der Waals surface area contributed by atoms with Crippen molar-refractivity contribution >= 4 is 11.6 Å². The Morgan fingerprint density at radius 3 is 2.31 bits per heavy atom. The van der Waals surface area contributed by atoms with Gasteiger partial charge < -0.3 is 5.73 Å². The average Bonchev–Trinajstić information content (AvgIpc) is 2.33. The molecule has 13 heavy (non-hydrogen) atoms. The summed E-state index contributed by atoms with van der Waals surface area (Å²) in [6.07, 6.45) is 0. The van der Waals surface area contributed by atoms with E-state index in [-0.39, 0.29) is 5.54 Å². The van der Waals surface area contributed by atoms with Gasteiger partial charge in [0.1, 0.15) is 0 Å². The zero-order chi connectivity index (χ0) is 10.2. The van der Waals surface area contributed by atoms with Crippen LogP contribution in [0.1, 0.15) is 25.2 Å². The Kier molecular flexibility index (Phi) is 2.68. The van der Waals surface area contributed by atoms with Crippen LogP contribution in [0.4, 0.5) is 0 Å². The SMILES string of the molecule is Cc1nn(C(C)(C)CN)c(C)c1Cl. The van der Waals surface area contributed by atoms with Gasteiger partial charge in [-0.05, 0) is 27.7 Å². The molecule has 0 aliphatic rings. The molecule has 4 heteroatoms. The van der Waals surface area contributed by atoms with Crippen molar-refractivity contribution in [2.45, 2.75) is 33.2 Å². The monoisotopic (exact) mass is 201 g/mol. The van der Waals surface area contributed by atoms with Crippen LogP contribution in [0, 0.1) is 13.8 Å². The van der Waals surface area contributed by atoms with Gasteiger partial charge in [-0.1, -0.05) is 11.6 Å². The third kappa shape index (κ3) is 1.71. The number of rotatable bonds is 2. The number of hydrogen-bond acceptors (Lipinski definition) is 2. The lowest BCUT2D eigenvalue weighted by molar-refractivity contribution is 0.322. The molecule has 1 aromatic rings. The quantitative estimate of drug-likeness (QED) is 0.794. The average molecular weight is 202 g/mol. The van der Waals surface area contributed by atoms with E-state index in [2.05, 4.69) is 5.10 Å². The van der Waals surface area contributed by atoms with Gasteiger partial charge in [0, 0.05) is 6.54 Å². The molecule has 0 saturated carbocycles. The van der Waals surface area contributed by atoms with Crippen LogP contribution in [0.5, 0.6) is 0 Å². The van der Waals surface area contributed by atoms with Gasteiger partial charge in [0.05, 0.1) is 21.9 Å². The Hall–Kier alpha value is -0.540. The number of nitrogens with zero attached hydrogens (tertiary/aromatic N) is 2. The number of nitrogens with two attached hydrogens (primary N) is 1. The van der Waals surface area contributed by atoms with Crippen LogP contribution in [0.25, 0.3) is 0 Å². The molecule has 0 saturated heterocycles. The maximum absolute atomic E-state index is 6.04. The standard InChI is InChI=1S/C9H16ClN3/c1-6-8(10)7(2)13(12-6)9(3,4)5-11/h5,11H2,1-4H3. The summed E-state index contributed by atoms with van der Waals surface area (Å²) < 4.78 is 1.89. The zero-order valence-corrected chi connectivity index (χ0v) is 9.31. The van der Waals surface area contributed by atoms with E-state index in [9.17, 15) is 0 Å². The van der Waals surface area contributed by atoms with Crippen molar-refractivity contribution in [3.8, 4) is 0 Å². The topological polar surface area (TPSA) is 43.8 Å². The highest BCUT2D eigenvalue weighted by molar-refractivity contribution is 6.31. The second kappa shape index (κ2) is 3.31. The summed E-state index contributed by atoms with van der Waals surface area (Å²) in [5, 5.41) is 5.09. The van der Waals surface area contributed by atoms with Gasteiger partial charge >= 0.3 is 0 Å². The van der Waals surface area contributed by atoms with Crippen molar-refractivity contribution in [2.24, 2.45) is 5.73 Å². The first-order valence-electron chi connectivity index (χ1n) is 4.32. The molecule has 1 heterocycles. The Bertz CT molecular complexity index is 315. The third-order valence-electron chi connectivity index (χ3n) is 2.28. The van der Waals surface area contributed by atoms with E-state index in [0.29, 0.717) is 6.54 Å². The van der Waals surface area contributed by atoms with Crippen molar-refractivity contribution in [1.82, 2.24) is 9.78 Å². The van der Waals surface area contributed by atoms with Gasteiger partial charge in [0.15, 0.2) is 0 Å². The van der Waals surface area contributed by atoms with Crippen LogP contribution in [-0.4, -0.2) is 16.3 Å². The zero-order valence-electron chi connectivity index (χ0n) is 8.56. The van der Waals surface area contributed by atoms with Crippen LogP contribution in [0.15, 0.2) is 0 Å². The van der Waals surface area contributed by atoms with Gasteiger partial charge in [-0.2, -0.15) is 5.10 Å². The van der Waals surface area contributed by atoms with Crippen molar-refractivity contribution in [1.29, 1.82) is 0 Å². The molecule has 1 aromatic heterocycles. The normalized spacial score (nSPS) is 12.2. The molecule has 0 spiro atoms. The van der Waals surface area contributed by atoms with Crippen molar-refractivity contribution in [3.63, 3.8) is 0 Å². The predicted molar refractivity (Wildman–Crippen MR) is 55.1 cm³/mol. The maximum Gasteiger partial charge on any atom is 0.0844 e. The van der Waals surface area contributed by atoms with Gasteiger partial charge in [-0.25, -0.2) is 0 Å². The van der Waals surface area contributed by atoms with Gasteiger partial charge in [0.25, 0.3) is 0 Å². The highest BCUT2D eigenvalue weighted by Gasteiger charge is 2.23. The summed E-state index contributed by atoms with van der Waals surface area (Å²) in [5.41, 5.74) is 7.34. The van der Waals surface area contributed by atoms with Crippen LogP contribution in [0.3, 0.4) is 0 Å². The highest BCUT2D eigenvalue weighted by atomic mass is 35.5. The highest BCUT2D eigenvalue weighted by Crippen LogP contribution is 2.24. The summed E-state index contributed by atoms with van der Waals surface area (Å²) in [6, 6.07) is 0. The van der Waals surface area contributed by atoms with Gasteiger partial charge in [-0.3, -0.25) is 4.68 Å². The van der Waals surface area contributed by atoms with Crippen LogP contribution < -0.4 is 5.73 Å². The molecule has 0 bridgehead atoms. The molecule has 0 fully saturated rings. The first-order chi connectivity index (χ1) is 5.90. The van der Waals surface area contributed by atoms with Crippen LogP contribution >= 0.6 is 11.6 Å². The molecule has 3 nitrogen and oxygen atoms in total. The minimum atomic E-state index is -0.165. The van der Waals surface area contributed by atoms with Crippen molar-refractivity contribution in [3.05, 3.63) is 16.4 Å². The summed E-state index contributed by atoms with van der Waals surface area (Å²) in [5.74, 6) is 0. The lowest BCUT2D eigenvalue weighted by atomic mass is 10.1. The van der Waals surface area contributed by atoms with Gasteiger partial charge in [-0.15, -0.1) is 0 Å². The van der Waals surface area contributed by atoms with Crippen LogP contribution in [0.2, 0.25) is 5.02 Å². The van der Waals surface area contributed by atoms with Gasteiger partial charge in [0.2, 0.25) is 0 Å². The summed E-state index contributed by atoms with van der Waals surface area (Å²) in [4.78, 5) is 0. The Morgan fingerprint density at radius 1 is 1.46 bits per heavy atom. The molecular weight excluding hydrogens is 186 g/mol. The molecule has 0 unspecified atom stereocenters. The fourth-order valence-corrected chi connectivity index (χ4v) is 1.42. The van der Waals surface area contributed by atoms with E-state index in [0.717, 1.165) is 16.4 Å². The first kappa shape index (κ1) is 10.5. The minimum absolute atomic E-state index is 0.165. The first-order valence-corrected chi connectivity index (χ1v) is 4.70. The number of hydrogen-bond donors (Lipinski definition) is 1. The summed E-state index contributed by atoms with van der Waals surface area (Å²) >= 11 is 6.04. The fraction of sp³-hybridized carbons (Fsp3) is 0.667. The molecule has 0 atom stereocenters. The number of aryl methyl sites for hydroxylation is 1. The largest absolute Gasteiger partial charge is 0.328 e. The molecule has 2 N–H and O–H groups in total. The lowest BCUT2D eigenvalue weighted by Gasteiger charge is -2.24. The summed E-state index contributed by atoms with van der Waals surface area (Å²) in [7, 11) is 0. The van der Waals surface area contributed by atoms with E-state index in [1.165, 1.54) is 0 Å². The molecule has 0 aliphatic heterocycles. The van der Waals surface area contributed by atoms with Crippen molar-refractivity contribution in [2.75, 3.05) is 6.54 Å². The van der Waals surface area contributed by atoms with E-state index in [1.807, 2.05) is 32.4 Å². The van der Waals surface area contributed by atoms with E-state index < -0.39 is 0 Å². The minimum Gasteiger partial charge on any atom is -0.328 e. The number of halogens is 1. The van der Waals surface area contributed by atoms with E-state index >= 15 is 0 Å². The van der Waals surface area contributed by atoms with Crippen molar-refractivity contribution < 1.29 is 0 Å². The predicted octanol–water partition coefficient (Wildman–Crippen LogP) is 1.85. The number of aromatic nitrogens is 2. The molecule has 0 aromatic carbocycles. The smallest absolute Gasteiger partial charge is 0.0844 e. The molecule has 74 valence electrons.